The van der Waals surface area contributed by atoms with Gasteiger partial charge in [0.15, 0.2) is 0 Å². The van der Waals surface area contributed by atoms with Gasteiger partial charge in [-0.05, 0) is 37.1 Å². The highest BCUT2D eigenvalue weighted by Crippen LogP contribution is 2.32. The quantitative estimate of drug-likeness (QED) is 0.832. The number of nitrogens with one attached hydrogen (secondary N) is 1. The van der Waals surface area contributed by atoms with Crippen molar-refractivity contribution < 1.29 is 9.59 Å². The van der Waals surface area contributed by atoms with Crippen molar-refractivity contribution in [2.45, 2.75) is 31.7 Å². The molecule has 0 fully saturated rings. The van der Waals surface area contributed by atoms with Gasteiger partial charge in [-0.1, -0.05) is 66.7 Å². The van der Waals surface area contributed by atoms with E-state index in [9.17, 15) is 9.59 Å². The molecule has 4 rings (SSSR count). The highest BCUT2D eigenvalue weighted by Gasteiger charge is 2.46. The fraction of sp³-hybridized carbons (Fsp3) is 0.240. The molecule has 0 saturated heterocycles. The van der Waals surface area contributed by atoms with Crippen molar-refractivity contribution in [3.8, 4) is 0 Å². The van der Waals surface area contributed by atoms with Gasteiger partial charge in [-0.2, -0.15) is 4.99 Å². The van der Waals surface area contributed by atoms with Gasteiger partial charge in [0.25, 0.3) is 5.91 Å². The summed E-state index contributed by atoms with van der Waals surface area (Å²) in [5, 5.41) is 3.12. The van der Waals surface area contributed by atoms with E-state index in [0.717, 1.165) is 16.8 Å². The largest absolute Gasteiger partial charge is 0.353 e. The van der Waals surface area contributed by atoms with E-state index in [1.165, 1.54) is 0 Å². The zero-order valence-electron chi connectivity index (χ0n) is 17.2. The van der Waals surface area contributed by atoms with Gasteiger partial charge in [0.05, 0.1) is 6.42 Å². The van der Waals surface area contributed by atoms with Crippen LogP contribution in [0.2, 0.25) is 0 Å². The number of amidine groups is 1. The van der Waals surface area contributed by atoms with Crippen LogP contribution in [0.1, 0.15) is 37.3 Å². The summed E-state index contributed by atoms with van der Waals surface area (Å²) in [6.45, 7) is 4.18. The van der Waals surface area contributed by atoms with Gasteiger partial charge < -0.3 is 10.2 Å². The number of hydrogen-bond acceptors (Lipinski definition) is 3. The average molecular weight is 399 g/mol. The van der Waals surface area contributed by atoms with Gasteiger partial charge in [0, 0.05) is 18.2 Å². The molecule has 2 aromatic carbocycles. The molecular weight excluding hydrogens is 374 g/mol. The summed E-state index contributed by atoms with van der Waals surface area (Å²) in [6.07, 6.45) is 5.59. The predicted octanol–water partition coefficient (Wildman–Crippen LogP) is 3.80. The van der Waals surface area contributed by atoms with Crippen molar-refractivity contribution in [2.75, 3.05) is 6.54 Å². The topological polar surface area (TPSA) is 61.8 Å². The van der Waals surface area contributed by atoms with E-state index in [-0.39, 0.29) is 24.2 Å². The van der Waals surface area contributed by atoms with E-state index in [1.807, 2.05) is 67.3 Å². The molecule has 0 radical (unpaired) electrons. The number of allylic oxidation sites excluding steroid dienone is 3. The number of carbonyl (C=O) groups excluding carboxylic acids is 2. The minimum Gasteiger partial charge on any atom is -0.353 e. The first-order valence-corrected chi connectivity index (χ1v) is 10.1. The average Bonchev–Trinajstić information content (AvgIpc) is 2.75. The van der Waals surface area contributed by atoms with Crippen LogP contribution >= 0.6 is 0 Å². The van der Waals surface area contributed by atoms with Gasteiger partial charge in [0.2, 0.25) is 5.91 Å². The minimum atomic E-state index is -1.02. The molecule has 0 bridgehead atoms. The molecule has 2 aromatic rings. The standard InChI is InChI=1S/C25H25N3O2/c1-18-10-9-15-22-27-23(29)16-25(2,28(18)22)24(30)26-17-21(19-11-5-3-6-12-19)20-13-7-4-8-14-20/h3-15,21H,16-17H2,1-2H3,(H,26,30). The Kier molecular flexibility index (Phi) is 5.36. The van der Waals surface area contributed by atoms with Gasteiger partial charge in [-0.15, -0.1) is 0 Å². The van der Waals surface area contributed by atoms with Crippen LogP contribution in [0.4, 0.5) is 0 Å². The number of carbonyl (C=O) groups is 2. The number of nitrogens with zero attached hydrogens (tertiary/aromatic N) is 2. The molecule has 0 aromatic heterocycles. The second-order valence-corrected chi connectivity index (χ2v) is 7.90. The molecule has 2 aliphatic rings. The van der Waals surface area contributed by atoms with Crippen LogP contribution in [0.3, 0.4) is 0 Å². The Labute approximate surface area is 176 Å². The first kappa shape index (κ1) is 19.8. The SMILES string of the molecule is CC1=CC=CC2=NC(=O)CC(C)(C(=O)NCC(c3ccccc3)c3ccccc3)N12. The minimum absolute atomic E-state index is 0.0188. The first-order chi connectivity index (χ1) is 14.5. The molecule has 5 nitrogen and oxygen atoms in total. The predicted molar refractivity (Wildman–Crippen MR) is 118 cm³/mol. The molecule has 0 aliphatic carbocycles. The van der Waals surface area contributed by atoms with E-state index in [1.54, 1.807) is 6.08 Å². The van der Waals surface area contributed by atoms with Crippen LogP contribution in [0.5, 0.6) is 0 Å². The third-order valence-corrected chi connectivity index (χ3v) is 5.75. The number of aliphatic imine (C=N–C) groups is 1. The molecule has 0 spiro atoms. The smallest absolute Gasteiger partial charge is 0.250 e. The van der Waals surface area contributed by atoms with Crippen LogP contribution < -0.4 is 5.32 Å². The van der Waals surface area contributed by atoms with Crippen molar-refractivity contribution in [3.63, 3.8) is 0 Å². The lowest BCUT2D eigenvalue weighted by Gasteiger charge is -2.44. The Balaban J connectivity index is 1.59. The molecule has 0 saturated carbocycles. The van der Waals surface area contributed by atoms with Crippen molar-refractivity contribution >= 4 is 17.6 Å². The van der Waals surface area contributed by atoms with Crippen molar-refractivity contribution in [3.05, 3.63) is 95.7 Å². The maximum atomic E-state index is 13.4. The maximum Gasteiger partial charge on any atom is 0.250 e. The number of hydrogen-bond donors (Lipinski definition) is 1. The molecular formula is C25H25N3O2. The number of benzene rings is 2. The third-order valence-electron chi connectivity index (χ3n) is 5.75. The first-order valence-electron chi connectivity index (χ1n) is 10.1. The van der Waals surface area contributed by atoms with Crippen molar-refractivity contribution in [1.29, 1.82) is 0 Å². The Hall–Kier alpha value is -3.47. The summed E-state index contributed by atoms with van der Waals surface area (Å²) in [4.78, 5) is 31.7. The molecule has 1 atom stereocenters. The number of fused-ring (bicyclic) bond motifs is 1. The van der Waals surface area contributed by atoms with Crippen LogP contribution in [0.25, 0.3) is 0 Å². The normalized spacial score (nSPS) is 20.5. The second kappa shape index (κ2) is 8.11. The molecule has 1 unspecified atom stereocenters. The van der Waals surface area contributed by atoms with Crippen molar-refractivity contribution in [1.82, 2.24) is 10.2 Å². The second-order valence-electron chi connectivity index (χ2n) is 7.90. The van der Waals surface area contributed by atoms with E-state index < -0.39 is 5.54 Å². The number of amides is 2. The third kappa shape index (κ3) is 3.71. The maximum absolute atomic E-state index is 13.4. The van der Waals surface area contributed by atoms with E-state index in [4.69, 9.17) is 0 Å². The Morgan fingerprint density at radius 2 is 1.70 bits per heavy atom. The highest BCUT2D eigenvalue weighted by molar-refractivity contribution is 6.10. The number of rotatable bonds is 5. The van der Waals surface area contributed by atoms with E-state index >= 15 is 0 Å². The lowest BCUT2D eigenvalue weighted by atomic mass is 9.88. The van der Waals surface area contributed by atoms with Crippen LogP contribution in [0.15, 0.2) is 89.6 Å². The molecule has 2 heterocycles. The van der Waals surface area contributed by atoms with Crippen LogP contribution in [-0.4, -0.2) is 34.6 Å². The molecule has 2 amide bonds. The van der Waals surface area contributed by atoms with Gasteiger partial charge >= 0.3 is 0 Å². The van der Waals surface area contributed by atoms with E-state index in [2.05, 4.69) is 34.6 Å². The highest BCUT2D eigenvalue weighted by atomic mass is 16.2. The molecule has 30 heavy (non-hydrogen) atoms. The molecule has 5 heteroatoms. The fourth-order valence-corrected chi connectivity index (χ4v) is 4.24. The zero-order valence-corrected chi connectivity index (χ0v) is 17.2. The summed E-state index contributed by atoms with van der Waals surface area (Å²) >= 11 is 0. The fourth-order valence-electron chi connectivity index (χ4n) is 4.24. The Morgan fingerprint density at radius 3 is 2.30 bits per heavy atom. The van der Waals surface area contributed by atoms with Crippen LogP contribution in [-0.2, 0) is 9.59 Å². The monoisotopic (exact) mass is 399 g/mol. The Bertz CT molecular complexity index is 1000. The summed E-state index contributed by atoms with van der Waals surface area (Å²) in [5.74, 6) is 0.0842. The van der Waals surface area contributed by atoms with Crippen LogP contribution in [0, 0.1) is 0 Å². The summed E-state index contributed by atoms with van der Waals surface area (Å²) in [6, 6.07) is 20.3. The van der Waals surface area contributed by atoms with Crippen molar-refractivity contribution in [2.24, 2.45) is 4.99 Å². The lowest BCUT2D eigenvalue weighted by Crippen LogP contribution is -2.61. The molecule has 2 aliphatic heterocycles. The molecule has 152 valence electrons. The molecule has 1 N–H and O–H groups in total. The Morgan fingerprint density at radius 1 is 1.10 bits per heavy atom. The lowest BCUT2D eigenvalue weighted by molar-refractivity contribution is -0.135. The van der Waals surface area contributed by atoms with Gasteiger partial charge in [-0.3, -0.25) is 9.59 Å². The summed E-state index contributed by atoms with van der Waals surface area (Å²) in [5.41, 5.74) is 2.14. The zero-order chi connectivity index (χ0) is 21.1. The summed E-state index contributed by atoms with van der Waals surface area (Å²) < 4.78 is 0. The van der Waals surface area contributed by atoms with Gasteiger partial charge in [0.1, 0.15) is 11.4 Å². The summed E-state index contributed by atoms with van der Waals surface area (Å²) in [7, 11) is 0. The van der Waals surface area contributed by atoms with Gasteiger partial charge in [-0.25, -0.2) is 0 Å². The van der Waals surface area contributed by atoms with E-state index in [0.29, 0.717) is 12.4 Å².